The molecule has 1 aliphatic heterocycles. The van der Waals surface area contributed by atoms with Crippen LogP contribution in [-0.2, 0) is 11.2 Å². The van der Waals surface area contributed by atoms with Gasteiger partial charge in [0.1, 0.15) is 0 Å². The molecule has 4 nitrogen and oxygen atoms in total. The lowest BCUT2D eigenvalue weighted by Crippen LogP contribution is -2.22. The monoisotopic (exact) mass is 383 g/mol. The van der Waals surface area contributed by atoms with Gasteiger partial charge >= 0.3 is 0 Å². The second-order valence-electron chi connectivity index (χ2n) is 7.44. The van der Waals surface area contributed by atoms with E-state index in [1.165, 1.54) is 16.7 Å². The first kappa shape index (κ1) is 20.7. The molecule has 0 saturated heterocycles. The number of fused-ring (bicyclic) bond motifs is 1. The summed E-state index contributed by atoms with van der Waals surface area (Å²) in [7, 11) is 4.30. The topological polar surface area (TPSA) is 30.9 Å². The molecule has 0 saturated carbocycles. The van der Waals surface area contributed by atoms with Crippen molar-refractivity contribution >= 4 is 0 Å². The largest absolute Gasteiger partial charge is 0.490 e. The Hall–Kier alpha value is -2.04. The summed E-state index contributed by atoms with van der Waals surface area (Å²) < 4.78 is 17.8. The molecule has 0 aromatic heterocycles. The zero-order chi connectivity index (χ0) is 19.9. The first-order valence-electron chi connectivity index (χ1n) is 10.4. The number of hydrogen-bond acceptors (Lipinski definition) is 4. The Morgan fingerprint density at radius 3 is 2.36 bits per heavy atom. The summed E-state index contributed by atoms with van der Waals surface area (Å²) in [4.78, 5) is 2.29. The van der Waals surface area contributed by atoms with E-state index in [1.54, 1.807) is 0 Å². The molecule has 152 valence electrons. The van der Waals surface area contributed by atoms with Gasteiger partial charge in [-0.2, -0.15) is 0 Å². The van der Waals surface area contributed by atoms with Crippen molar-refractivity contribution in [2.24, 2.45) is 0 Å². The molecule has 0 spiro atoms. The molecule has 1 heterocycles. The normalized spacial score (nSPS) is 17.2. The van der Waals surface area contributed by atoms with Crippen molar-refractivity contribution in [3.05, 3.63) is 59.2 Å². The predicted octanol–water partition coefficient (Wildman–Crippen LogP) is 5.18. The van der Waals surface area contributed by atoms with Crippen LogP contribution in [0.1, 0.15) is 55.5 Å². The highest BCUT2D eigenvalue weighted by Crippen LogP contribution is 2.40. The molecule has 0 radical (unpaired) electrons. The fourth-order valence-electron chi connectivity index (χ4n) is 4.02. The van der Waals surface area contributed by atoms with Crippen LogP contribution in [0.3, 0.4) is 0 Å². The molecule has 3 rings (SSSR count). The van der Waals surface area contributed by atoms with Gasteiger partial charge in [0.25, 0.3) is 0 Å². The van der Waals surface area contributed by atoms with Gasteiger partial charge in [0.15, 0.2) is 11.5 Å². The van der Waals surface area contributed by atoms with E-state index in [2.05, 4.69) is 61.5 Å². The maximum Gasteiger partial charge on any atom is 0.161 e. The zero-order valence-electron chi connectivity index (χ0n) is 17.6. The van der Waals surface area contributed by atoms with Gasteiger partial charge in [-0.25, -0.2) is 0 Å². The van der Waals surface area contributed by atoms with Gasteiger partial charge in [0.2, 0.25) is 0 Å². The third-order valence-corrected chi connectivity index (χ3v) is 5.35. The van der Waals surface area contributed by atoms with Crippen LogP contribution in [0.15, 0.2) is 42.5 Å². The molecule has 0 bridgehead atoms. The Kier molecular flexibility index (Phi) is 7.35. The molecule has 2 aromatic carbocycles. The molecule has 0 amide bonds. The maximum atomic E-state index is 6.19. The van der Waals surface area contributed by atoms with Crippen molar-refractivity contribution in [3.63, 3.8) is 0 Å². The lowest BCUT2D eigenvalue weighted by atomic mass is 9.91. The summed E-state index contributed by atoms with van der Waals surface area (Å²) in [6.45, 7) is 6.04. The number of ether oxygens (including phenoxy) is 3. The first-order chi connectivity index (χ1) is 13.6. The number of nitrogens with zero attached hydrogens (tertiary/aromatic N) is 1. The minimum Gasteiger partial charge on any atom is -0.490 e. The number of hydrogen-bond donors (Lipinski definition) is 0. The molecule has 2 atom stereocenters. The predicted molar refractivity (Wildman–Crippen MR) is 113 cm³/mol. The zero-order valence-corrected chi connectivity index (χ0v) is 17.6. The highest BCUT2D eigenvalue weighted by atomic mass is 16.5. The average Bonchev–Trinajstić information content (AvgIpc) is 2.70. The van der Waals surface area contributed by atoms with Gasteiger partial charge in [-0.3, -0.25) is 0 Å². The van der Waals surface area contributed by atoms with Gasteiger partial charge in [-0.05, 0) is 76.0 Å². The molecule has 2 unspecified atom stereocenters. The van der Waals surface area contributed by atoms with Gasteiger partial charge in [0.05, 0.1) is 25.9 Å². The van der Waals surface area contributed by atoms with Crippen LogP contribution >= 0.6 is 0 Å². The van der Waals surface area contributed by atoms with E-state index < -0.39 is 0 Å². The van der Waals surface area contributed by atoms with Crippen LogP contribution < -0.4 is 9.47 Å². The van der Waals surface area contributed by atoms with E-state index >= 15 is 0 Å². The van der Waals surface area contributed by atoms with E-state index in [9.17, 15) is 0 Å². The van der Waals surface area contributed by atoms with Crippen molar-refractivity contribution in [2.45, 2.75) is 45.3 Å². The maximum absolute atomic E-state index is 6.19. The van der Waals surface area contributed by atoms with Gasteiger partial charge in [-0.15, -0.1) is 0 Å². The Morgan fingerprint density at radius 2 is 1.71 bits per heavy atom. The molecule has 1 aliphatic rings. The van der Waals surface area contributed by atoms with Crippen LogP contribution in [0.4, 0.5) is 0 Å². The first-order valence-corrected chi connectivity index (χ1v) is 10.4. The summed E-state index contributed by atoms with van der Waals surface area (Å²) in [5.41, 5.74) is 3.93. The summed E-state index contributed by atoms with van der Waals surface area (Å²) >= 11 is 0. The Labute approximate surface area is 169 Å². The van der Waals surface area contributed by atoms with Gasteiger partial charge in [0, 0.05) is 6.04 Å². The Morgan fingerprint density at radius 1 is 1.04 bits per heavy atom. The molecule has 2 aromatic rings. The highest BCUT2D eigenvalue weighted by molar-refractivity contribution is 5.49. The second-order valence-corrected chi connectivity index (χ2v) is 7.44. The van der Waals surface area contributed by atoms with Crippen LogP contribution in [0.2, 0.25) is 0 Å². The lowest BCUT2D eigenvalue weighted by Gasteiger charge is -2.30. The van der Waals surface area contributed by atoms with Crippen molar-refractivity contribution in [2.75, 3.05) is 33.9 Å². The minimum absolute atomic E-state index is 0.102. The van der Waals surface area contributed by atoms with Gasteiger partial charge in [-0.1, -0.05) is 30.3 Å². The van der Waals surface area contributed by atoms with E-state index in [1.807, 2.05) is 13.8 Å². The summed E-state index contributed by atoms with van der Waals surface area (Å²) in [6, 6.07) is 15.4. The number of benzene rings is 2. The molecular formula is C24H33NO3. The standard InChI is InChI=1S/C24H33NO3/c1-5-26-23-16-19-14-15-28-22(20(19)17-24(23)27-6-2)13-12-21(25(3)4)18-10-8-7-9-11-18/h7-11,16-17,21-22H,5-6,12-15H2,1-4H3. The third-order valence-electron chi connectivity index (χ3n) is 5.35. The van der Waals surface area contributed by atoms with E-state index in [0.29, 0.717) is 19.3 Å². The van der Waals surface area contributed by atoms with Crippen LogP contribution in [0, 0.1) is 0 Å². The Bertz CT molecular complexity index is 745. The quantitative estimate of drug-likeness (QED) is 0.597. The van der Waals surface area contributed by atoms with Crippen LogP contribution in [-0.4, -0.2) is 38.8 Å². The lowest BCUT2D eigenvalue weighted by molar-refractivity contribution is 0.0302. The van der Waals surface area contributed by atoms with Crippen LogP contribution in [0.25, 0.3) is 0 Å². The van der Waals surface area contributed by atoms with E-state index in [4.69, 9.17) is 14.2 Å². The fourth-order valence-corrected chi connectivity index (χ4v) is 4.02. The van der Waals surface area contributed by atoms with E-state index in [-0.39, 0.29) is 6.10 Å². The highest BCUT2D eigenvalue weighted by Gasteiger charge is 2.25. The number of rotatable bonds is 9. The summed E-state index contributed by atoms with van der Waals surface area (Å²) in [5, 5.41) is 0. The average molecular weight is 384 g/mol. The van der Waals surface area contributed by atoms with E-state index in [0.717, 1.165) is 37.4 Å². The van der Waals surface area contributed by atoms with Crippen molar-refractivity contribution in [3.8, 4) is 11.5 Å². The van der Waals surface area contributed by atoms with Crippen LogP contribution in [0.5, 0.6) is 11.5 Å². The fraction of sp³-hybridized carbons (Fsp3) is 0.500. The molecule has 0 aliphatic carbocycles. The summed E-state index contributed by atoms with van der Waals surface area (Å²) in [6.07, 6.45) is 3.04. The molecule has 4 heteroatoms. The van der Waals surface area contributed by atoms with Crippen molar-refractivity contribution in [1.29, 1.82) is 0 Å². The van der Waals surface area contributed by atoms with Crippen molar-refractivity contribution in [1.82, 2.24) is 4.90 Å². The third kappa shape index (κ3) is 4.86. The Balaban J connectivity index is 1.80. The molecule has 28 heavy (non-hydrogen) atoms. The SMILES string of the molecule is CCOc1cc2c(cc1OCC)C(CCC(c1ccccc1)N(C)C)OCC2. The van der Waals surface area contributed by atoms with Crippen molar-refractivity contribution < 1.29 is 14.2 Å². The molecule has 0 N–H and O–H groups in total. The second kappa shape index (κ2) is 9.94. The molecular weight excluding hydrogens is 350 g/mol. The minimum atomic E-state index is 0.102. The molecule has 0 fully saturated rings. The van der Waals surface area contributed by atoms with Gasteiger partial charge < -0.3 is 19.1 Å². The summed E-state index contributed by atoms with van der Waals surface area (Å²) in [5.74, 6) is 1.67. The smallest absolute Gasteiger partial charge is 0.161 e.